The first-order chi connectivity index (χ1) is 14.4. The van der Waals surface area contributed by atoms with Crippen molar-refractivity contribution in [3.63, 3.8) is 0 Å². The molecular weight excluding hydrogens is 447 g/mol. The molecule has 3 heterocycles. The molecule has 0 radical (unpaired) electrons. The Balaban J connectivity index is 1.75. The highest BCUT2D eigenvalue weighted by atomic mass is 35.5. The van der Waals surface area contributed by atoms with Gasteiger partial charge in [0.1, 0.15) is 10.9 Å². The van der Waals surface area contributed by atoms with Crippen LogP contribution in [0.5, 0.6) is 5.75 Å². The van der Waals surface area contributed by atoms with E-state index >= 15 is 0 Å². The molecule has 0 unspecified atom stereocenters. The van der Waals surface area contributed by atoms with E-state index in [4.69, 9.17) is 39.5 Å². The number of carbonyl (C=O) groups is 1. The highest BCUT2D eigenvalue weighted by Gasteiger charge is 2.19. The molecule has 0 aliphatic rings. The van der Waals surface area contributed by atoms with E-state index in [0.717, 1.165) is 11.3 Å². The summed E-state index contributed by atoms with van der Waals surface area (Å²) < 4.78 is 6.96. The lowest BCUT2D eigenvalue weighted by Gasteiger charge is -2.08. The molecule has 6 nitrogen and oxygen atoms in total. The normalized spacial score (nSPS) is 10.9. The van der Waals surface area contributed by atoms with Crippen molar-refractivity contribution in [1.29, 1.82) is 0 Å². The summed E-state index contributed by atoms with van der Waals surface area (Å²) in [5, 5.41) is 3.99. The number of methoxy groups -OCH3 is 1. The third-order valence-corrected chi connectivity index (χ3v) is 5.15. The van der Waals surface area contributed by atoms with Crippen LogP contribution in [0, 0.1) is 0 Å². The van der Waals surface area contributed by atoms with Crippen molar-refractivity contribution in [2.24, 2.45) is 0 Å². The van der Waals surface area contributed by atoms with Gasteiger partial charge in [0.25, 0.3) is 0 Å². The maximum atomic E-state index is 12.8. The fourth-order valence-electron chi connectivity index (χ4n) is 3.08. The van der Waals surface area contributed by atoms with Gasteiger partial charge in [-0.3, -0.25) is 4.79 Å². The first kappa shape index (κ1) is 20.5. The summed E-state index contributed by atoms with van der Waals surface area (Å²) in [6.07, 6.45) is 3.23. The Morgan fingerprint density at radius 3 is 2.57 bits per heavy atom. The Bertz CT molecular complexity index is 1220. The molecular formula is C21H15Cl3N4O2. The van der Waals surface area contributed by atoms with Crippen molar-refractivity contribution in [1.82, 2.24) is 14.4 Å². The van der Waals surface area contributed by atoms with Crippen LogP contribution in [0.25, 0.3) is 16.9 Å². The van der Waals surface area contributed by atoms with Crippen LogP contribution in [-0.2, 0) is 11.2 Å². The van der Waals surface area contributed by atoms with Crippen molar-refractivity contribution in [2.75, 3.05) is 12.4 Å². The van der Waals surface area contributed by atoms with Crippen LogP contribution in [0.2, 0.25) is 15.2 Å². The average molecular weight is 462 g/mol. The Labute approximate surface area is 187 Å². The van der Waals surface area contributed by atoms with Gasteiger partial charge in [0.2, 0.25) is 5.91 Å². The molecule has 9 heteroatoms. The van der Waals surface area contributed by atoms with Gasteiger partial charge in [0.15, 0.2) is 5.65 Å². The number of benzene rings is 1. The number of pyridine rings is 2. The van der Waals surface area contributed by atoms with Gasteiger partial charge in [0.05, 0.1) is 46.8 Å². The smallest absolute Gasteiger partial charge is 0.230 e. The summed E-state index contributed by atoms with van der Waals surface area (Å²) in [5.74, 6) is 0.477. The van der Waals surface area contributed by atoms with Crippen LogP contribution in [0.1, 0.15) is 5.69 Å². The van der Waals surface area contributed by atoms with Gasteiger partial charge in [-0.05, 0) is 42.5 Å². The lowest BCUT2D eigenvalue weighted by Crippen LogP contribution is -2.16. The van der Waals surface area contributed by atoms with Gasteiger partial charge < -0.3 is 14.5 Å². The zero-order chi connectivity index (χ0) is 21.3. The second-order valence-electron chi connectivity index (χ2n) is 6.43. The first-order valence-corrected chi connectivity index (χ1v) is 10.00. The van der Waals surface area contributed by atoms with Crippen LogP contribution < -0.4 is 10.1 Å². The third kappa shape index (κ3) is 4.21. The van der Waals surface area contributed by atoms with E-state index in [1.165, 1.54) is 6.20 Å². The van der Waals surface area contributed by atoms with E-state index in [0.29, 0.717) is 37.9 Å². The van der Waals surface area contributed by atoms with Crippen LogP contribution in [0.3, 0.4) is 0 Å². The average Bonchev–Trinajstić information content (AvgIpc) is 3.08. The van der Waals surface area contributed by atoms with E-state index in [-0.39, 0.29) is 12.3 Å². The molecule has 0 aliphatic heterocycles. The number of halogens is 3. The quantitative estimate of drug-likeness (QED) is 0.396. The third-order valence-electron chi connectivity index (χ3n) is 4.44. The zero-order valence-electron chi connectivity index (χ0n) is 15.7. The van der Waals surface area contributed by atoms with Crippen LogP contribution >= 0.6 is 34.8 Å². The Morgan fingerprint density at radius 1 is 1.13 bits per heavy atom. The van der Waals surface area contributed by atoms with Gasteiger partial charge in [-0.1, -0.05) is 34.8 Å². The maximum Gasteiger partial charge on any atom is 0.230 e. The lowest BCUT2D eigenvalue weighted by molar-refractivity contribution is -0.115. The second-order valence-corrected chi connectivity index (χ2v) is 7.66. The fraction of sp³-hybridized carbons (Fsp3) is 0.0952. The SMILES string of the molecule is COc1ccc(-c2nc3c(Cl)cc(Cl)cn3c2CC(=O)Nc2ccc(Cl)nc2)cc1. The molecule has 0 bridgehead atoms. The van der Waals surface area contributed by atoms with Crippen molar-refractivity contribution in [3.05, 3.63) is 75.8 Å². The molecule has 0 fully saturated rings. The molecule has 1 aromatic carbocycles. The van der Waals surface area contributed by atoms with E-state index < -0.39 is 0 Å². The zero-order valence-corrected chi connectivity index (χ0v) is 18.0. The number of nitrogens with zero attached hydrogens (tertiary/aromatic N) is 3. The summed E-state index contributed by atoms with van der Waals surface area (Å²) in [5.41, 5.74) is 3.16. The van der Waals surface area contributed by atoms with Gasteiger partial charge >= 0.3 is 0 Å². The number of aromatic nitrogens is 3. The van der Waals surface area contributed by atoms with Gasteiger partial charge in [0, 0.05) is 11.8 Å². The highest BCUT2D eigenvalue weighted by Crippen LogP contribution is 2.31. The molecule has 1 amide bonds. The van der Waals surface area contributed by atoms with Crippen molar-refractivity contribution in [3.8, 4) is 17.0 Å². The number of carbonyl (C=O) groups excluding carboxylic acids is 1. The molecule has 4 aromatic rings. The Kier molecular flexibility index (Phi) is 5.81. The van der Waals surface area contributed by atoms with Gasteiger partial charge in [-0.15, -0.1) is 0 Å². The maximum absolute atomic E-state index is 12.8. The number of fused-ring (bicyclic) bond motifs is 1. The number of amides is 1. The minimum atomic E-state index is -0.244. The lowest BCUT2D eigenvalue weighted by atomic mass is 10.1. The van der Waals surface area contributed by atoms with Gasteiger partial charge in [-0.25, -0.2) is 9.97 Å². The van der Waals surface area contributed by atoms with E-state index in [9.17, 15) is 4.79 Å². The number of rotatable bonds is 5. The number of imidazole rings is 1. The molecule has 0 aliphatic carbocycles. The number of hydrogen-bond donors (Lipinski definition) is 1. The minimum absolute atomic E-state index is 0.0435. The van der Waals surface area contributed by atoms with E-state index in [2.05, 4.69) is 15.3 Å². The first-order valence-electron chi connectivity index (χ1n) is 8.86. The molecule has 4 rings (SSSR count). The topological polar surface area (TPSA) is 68.5 Å². The molecule has 3 aromatic heterocycles. The van der Waals surface area contributed by atoms with Crippen LogP contribution in [0.15, 0.2) is 54.9 Å². The summed E-state index contributed by atoms with van der Waals surface area (Å²) >= 11 is 18.4. The van der Waals surface area contributed by atoms with Crippen LogP contribution in [0.4, 0.5) is 5.69 Å². The monoisotopic (exact) mass is 460 g/mol. The Morgan fingerprint density at radius 2 is 1.90 bits per heavy atom. The molecule has 0 saturated heterocycles. The summed E-state index contributed by atoms with van der Waals surface area (Å²) in [6, 6.07) is 12.3. The molecule has 30 heavy (non-hydrogen) atoms. The predicted molar refractivity (Wildman–Crippen MR) is 119 cm³/mol. The predicted octanol–water partition coefficient (Wildman–Crippen LogP) is 5.55. The summed E-state index contributed by atoms with van der Waals surface area (Å²) in [6.45, 7) is 0. The minimum Gasteiger partial charge on any atom is -0.497 e. The van der Waals surface area contributed by atoms with Crippen LogP contribution in [-0.4, -0.2) is 27.4 Å². The van der Waals surface area contributed by atoms with Crippen molar-refractivity contribution < 1.29 is 9.53 Å². The van der Waals surface area contributed by atoms with E-state index in [1.807, 2.05) is 24.3 Å². The second kappa shape index (κ2) is 8.52. The van der Waals surface area contributed by atoms with E-state index in [1.54, 1.807) is 35.9 Å². The fourth-order valence-corrected chi connectivity index (χ4v) is 3.70. The largest absolute Gasteiger partial charge is 0.497 e. The van der Waals surface area contributed by atoms with Crippen molar-refractivity contribution in [2.45, 2.75) is 6.42 Å². The summed E-state index contributed by atoms with van der Waals surface area (Å²) in [7, 11) is 1.60. The number of ether oxygens (including phenoxy) is 1. The molecule has 0 atom stereocenters. The highest BCUT2D eigenvalue weighted by molar-refractivity contribution is 6.36. The molecule has 0 spiro atoms. The Hall–Kier alpha value is -2.80. The number of hydrogen-bond acceptors (Lipinski definition) is 4. The number of anilines is 1. The molecule has 1 N–H and O–H groups in total. The standard InChI is InChI=1S/C21H15Cl3N4O2/c1-30-15-5-2-12(3-6-15)20-17(28-11-13(22)8-16(23)21(28)27-20)9-19(29)26-14-4-7-18(24)25-10-14/h2-8,10-11H,9H2,1H3,(H,26,29). The van der Waals surface area contributed by atoms with Gasteiger partial charge in [-0.2, -0.15) is 0 Å². The number of nitrogens with one attached hydrogen (secondary N) is 1. The summed E-state index contributed by atoms with van der Waals surface area (Å²) in [4.78, 5) is 21.4. The van der Waals surface area contributed by atoms with Crippen molar-refractivity contribution >= 4 is 52.0 Å². The molecule has 152 valence electrons. The molecule has 0 saturated carbocycles.